The number of aryl methyl sites for hydroxylation is 1. The van der Waals surface area contributed by atoms with E-state index in [0.717, 1.165) is 12.1 Å². The van der Waals surface area contributed by atoms with Gasteiger partial charge < -0.3 is 11.1 Å². The lowest BCUT2D eigenvalue weighted by Crippen LogP contribution is -2.15. The molecule has 3 N–H and O–H groups in total. The molecule has 0 aliphatic heterocycles. The second-order valence-corrected chi connectivity index (χ2v) is 5.15. The van der Waals surface area contributed by atoms with E-state index in [1.165, 1.54) is 0 Å². The topological polar surface area (TPSA) is 55.1 Å². The summed E-state index contributed by atoms with van der Waals surface area (Å²) in [6, 6.07) is 4.71. The number of hydrogen-bond acceptors (Lipinski definition) is 2. The van der Waals surface area contributed by atoms with Crippen LogP contribution in [0.3, 0.4) is 0 Å². The molecule has 2 rings (SSSR count). The third-order valence-corrected chi connectivity index (χ3v) is 3.66. The fraction of sp³-hybridized carbons (Fsp3) is 0.0714. The molecular formula is C14H10Cl2F2N2O. The molecule has 7 heteroatoms. The summed E-state index contributed by atoms with van der Waals surface area (Å²) in [6.45, 7) is 1.74. The highest BCUT2D eigenvalue weighted by Crippen LogP contribution is 2.33. The molecule has 1 amide bonds. The first-order valence-corrected chi connectivity index (χ1v) is 6.57. The van der Waals surface area contributed by atoms with Gasteiger partial charge in [-0.05, 0) is 24.6 Å². The van der Waals surface area contributed by atoms with Crippen LogP contribution in [0.4, 0.5) is 20.2 Å². The molecule has 0 aliphatic rings. The smallest absolute Gasteiger partial charge is 0.257 e. The first-order valence-electron chi connectivity index (χ1n) is 5.81. The van der Waals surface area contributed by atoms with Crippen molar-refractivity contribution in [2.45, 2.75) is 6.92 Å². The average Bonchev–Trinajstić information content (AvgIpc) is 2.43. The Bertz CT molecular complexity index is 735. The van der Waals surface area contributed by atoms with Crippen molar-refractivity contribution in [2.24, 2.45) is 0 Å². The maximum absolute atomic E-state index is 13.2. The highest BCUT2D eigenvalue weighted by molar-refractivity contribution is 6.40. The number of nitrogen functional groups attached to an aromatic ring is 1. The van der Waals surface area contributed by atoms with Crippen LogP contribution in [-0.2, 0) is 0 Å². The molecule has 0 heterocycles. The van der Waals surface area contributed by atoms with Crippen molar-refractivity contribution in [3.63, 3.8) is 0 Å². The van der Waals surface area contributed by atoms with Gasteiger partial charge in [0.1, 0.15) is 0 Å². The molecule has 0 bridgehead atoms. The lowest BCUT2D eigenvalue weighted by molar-refractivity contribution is 0.102. The van der Waals surface area contributed by atoms with Gasteiger partial charge in [-0.2, -0.15) is 0 Å². The normalized spacial score (nSPS) is 10.5. The predicted octanol–water partition coefficient (Wildman–Crippen LogP) is 4.41. The highest BCUT2D eigenvalue weighted by atomic mass is 35.5. The third kappa shape index (κ3) is 3.09. The largest absolute Gasteiger partial charge is 0.398 e. The summed E-state index contributed by atoms with van der Waals surface area (Å²) in [7, 11) is 0. The Morgan fingerprint density at radius 2 is 1.81 bits per heavy atom. The van der Waals surface area contributed by atoms with E-state index in [4.69, 9.17) is 28.9 Å². The average molecular weight is 331 g/mol. The minimum absolute atomic E-state index is 0.187. The molecule has 2 aromatic carbocycles. The van der Waals surface area contributed by atoms with Crippen molar-refractivity contribution in [1.29, 1.82) is 0 Å². The van der Waals surface area contributed by atoms with E-state index >= 15 is 0 Å². The number of hydrogen-bond donors (Lipinski definition) is 2. The van der Waals surface area contributed by atoms with Crippen LogP contribution in [0.5, 0.6) is 0 Å². The second kappa shape index (κ2) is 5.87. The Kier molecular flexibility index (Phi) is 4.34. The van der Waals surface area contributed by atoms with Crippen molar-refractivity contribution in [3.8, 4) is 0 Å². The van der Waals surface area contributed by atoms with Crippen LogP contribution in [-0.4, -0.2) is 5.91 Å². The summed E-state index contributed by atoms with van der Waals surface area (Å²) < 4.78 is 26.2. The Morgan fingerprint density at radius 3 is 2.48 bits per heavy atom. The van der Waals surface area contributed by atoms with Crippen LogP contribution in [0.25, 0.3) is 0 Å². The molecule has 0 fully saturated rings. The molecule has 0 saturated carbocycles. The van der Waals surface area contributed by atoms with Crippen molar-refractivity contribution in [1.82, 2.24) is 0 Å². The first-order chi connectivity index (χ1) is 9.81. The molecule has 0 aliphatic carbocycles. The second-order valence-electron chi connectivity index (χ2n) is 4.36. The van der Waals surface area contributed by atoms with E-state index in [2.05, 4.69) is 5.32 Å². The highest BCUT2D eigenvalue weighted by Gasteiger charge is 2.17. The van der Waals surface area contributed by atoms with Crippen LogP contribution in [0.1, 0.15) is 15.9 Å². The first kappa shape index (κ1) is 15.5. The summed E-state index contributed by atoms with van der Waals surface area (Å²) in [5.74, 6) is -3.03. The number of benzene rings is 2. The number of amides is 1. The Hall–Kier alpha value is -1.85. The summed E-state index contributed by atoms with van der Waals surface area (Å²) in [6.07, 6.45) is 0. The number of halogens is 4. The number of anilines is 2. The van der Waals surface area contributed by atoms with Crippen LogP contribution < -0.4 is 11.1 Å². The molecule has 0 radical (unpaired) electrons. The van der Waals surface area contributed by atoms with E-state index in [9.17, 15) is 13.6 Å². The Labute approximate surface area is 129 Å². The lowest BCUT2D eigenvalue weighted by Gasteiger charge is -2.12. The molecule has 0 aromatic heterocycles. The van der Waals surface area contributed by atoms with Crippen molar-refractivity contribution < 1.29 is 13.6 Å². The van der Waals surface area contributed by atoms with Gasteiger partial charge in [0.25, 0.3) is 5.91 Å². The van der Waals surface area contributed by atoms with Gasteiger partial charge in [-0.15, -0.1) is 0 Å². The van der Waals surface area contributed by atoms with Gasteiger partial charge in [0, 0.05) is 11.8 Å². The fourth-order valence-corrected chi connectivity index (χ4v) is 2.18. The summed E-state index contributed by atoms with van der Waals surface area (Å²) in [4.78, 5) is 12.1. The molecule has 0 atom stereocenters. The van der Waals surface area contributed by atoms with Gasteiger partial charge in [-0.1, -0.05) is 29.3 Å². The van der Waals surface area contributed by atoms with E-state index < -0.39 is 17.5 Å². The van der Waals surface area contributed by atoms with Crippen LogP contribution in [0, 0.1) is 18.6 Å². The van der Waals surface area contributed by atoms with Gasteiger partial charge in [-0.25, -0.2) is 8.78 Å². The molecule has 0 spiro atoms. The maximum atomic E-state index is 13.2. The summed E-state index contributed by atoms with van der Waals surface area (Å²) in [5, 5.41) is 2.93. The molecule has 110 valence electrons. The lowest BCUT2D eigenvalue weighted by atomic mass is 10.1. The van der Waals surface area contributed by atoms with E-state index in [1.54, 1.807) is 19.1 Å². The van der Waals surface area contributed by atoms with Crippen molar-refractivity contribution >= 4 is 40.5 Å². The fourth-order valence-electron chi connectivity index (χ4n) is 1.71. The number of nitrogens with one attached hydrogen (secondary N) is 1. The van der Waals surface area contributed by atoms with E-state index in [-0.39, 0.29) is 27.0 Å². The van der Waals surface area contributed by atoms with E-state index in [1.807, 2.05) is 0 Å². The van der Waals surface area contributed by atoms with Gasteiger partial charge in [0.15, 0.2) is 11.6 Å². The van der Waals surface area contributed by atoms with Gasteiger partial charge >= 0.3 is 0 Å². The number of carbonyl (C=O) groups excluding carboxylic acids is 1. The predicted molar refractivity (Wildman–Crippen MR) is 79.9 cm³/mol. The van der Waals surface area contributed by atoms with Crippen LogP contribution in [0.15, 0.2) is 24.3 Å². The van der Waals surface area contributed by atoms with Gasteiger partial charge in [-0.3, -0.25) is 4.79 Å². The zero-order chi connectivity index (χ0) is 15.7. The minimum Gasteiger partial charge on any atom is -0.398 e. The quantitative estimate of drug-likeness (QED) is 0.801. The van der Waals surface area contributed by atoms with E-state index in [0.29, 0.717) is 5.56 Å². The van der Waals surface area contributed by atoms with Crippen LogP contribution >= 0.6 is 23.2 Å². The summed E-state index contributed by atoms with van der Waals surface area (Å²) >= 11 is 12.0. The molecule has 0 saturated heterocycles. The summed E-state index contributed by atoms with van der Waals surface area (Å²) in [5.41, 5.74) is 6.01. The molecule has 2 aromatic rings. The van der Waals surface area contributed by atoms with Gasteiger partial charge in [0.2, 0.25) is 0 Å². The molecule has 21 heavy (non-hydrogen) atoms. The number of rotatable bonds is 2. The zero-order valence-corrected chi connectivity index (χ0v) is 12.3. The van der Waals surface area contributed by atoms with Gasteiger partial charge in [0.05, 0.1) is 21.3 Å². The standard InChI is InChI=1S/C14H10Cl2F2N2O/c1-6-2-3-8(15)13(12(6)16)20-14(21)7-4-9(17)10(18)5-11(7)19/h2-5H,19H2,1H3,(H,20,21). The Morgan fingerprint density at radius 1 is 1.19 bits per heavy atom. The number of carbonyl (C=O) groups is 1. The monoisotopic (exact) mass is 330 g/mol. The number of nitrogens with two attached hydrogens (primary N) is 1. The minimum atomic E-state index is -1.17. The van der Waals surface area contributed by atoms with Crippen LogP contribution in [0.2, 0.25) is 10.0 Å². The molecule has 0 unspecified atom stereocenters. The zero-order valence-electron chi connectivity index (χ0n) is 10.8. The maximum Gasteiger partial charge on any atom is 0.257 e. The molecular weight excluding hydrogens is 321 g/mol. The van der Waals surface area contributed by atoms with Crippen molar-refractivity contribution in [3.05, 3.63) is 57.1 Å². The third-order valence-electron chi connectivity index (χ3n) is 2.86. The molecule has 3 nitrogen and oxygen atoms in total. The Balaban J connectivity index is 2.40. The SMILES string of the molecule is Cc1ccc(Cl)c(NC(=O)c2cc(F)c(F)cc2N)c1Cl. The van der Waals surface area contributed by atoms with Crippen molar-refractivity contribution in [2.75, 3.05) is 11.1 Å².